The van der Waals surface area contributed by atoms with E-state index in [0.29, 0.717) is 0 Å². The van der Waals surface area contributed by atoms with Crippen molar-refractivity contribution in [2.24, 2.45) is 0 Å². The molecule has 0 aromatic heterocycles. The third kappa shape index (κ3) is 4.82. The monoisotopic (exact) mass is 287 g/mol. The van der Waals surface area contributed by atoms with Gasteiger partial charge in [-0.2, -0.15) is 0 Å². The molecule has 5 nitrogen and oxygen atoms in total. The second kappa shape index (κ2) is 6.58. The van der Waals surface area contributed by atoms with Gasteiger partial charge in [0, 0.05) is 22.6 Å². The van der Waals surface area contributed by atoms with Crippen molar-refractivity contribution in [2.45, 2.75) is 24.6 Å². The van der Waals surface area contributed by atoms with E-state index in [-0.39, 0.29) is 0 Å². The van der Waals surface area contributed by atoms with Crippen LogP contribution in [0.2, 0.25) is 0 Å². The highest BCUT2D eigenvalue weighted by molar-refractivity contribution is 8.82. The maximum atomic E-state index is 11.0. The van der Waals surface area contributed by atoms with Gasteiger partial charge in [0.2, 0.25) is 0 Å². The first kappa shape index (κ1) is 15.9. The van der Waals surface area contributed by atoms with Gasteiger partial charge in [0.25, 0.3) is 0 Å². The summed E-state index contributed by atoms with van der Waals surface area (Å²) in [6.07, 6.45) is 0. The Labute approximate surface area is 107 Å². The molecule has 0 spiro atoms. The van der Waals surface area contributed by atoms with Crippen LogP contribution in [0.5, 0.6) is 0 Å². The number of methoxy groups -OCH3 is 1. The number of carboxylic acid groups (broad SMARTS) is 1. The Kier molecular flexibility index (Phi) is 6.54. The Balaban J connectivity index is 4.60. The Hall–Kier alpha value is -0.110. The van der Waals surface area contributed by atoms with E-state index in [9.17, 15) is 9.59 Å². The van der Waals surface area contributed by atoms with Crippen molar-refractivity contribution in [3.63, 3.8) is 0 Å². The van der Waals surface area contributed by atoms with Crippen molar-refractivity contribution >= 4 is 44.6 Å². The van der Waals surface area contributed by atoms with Gasteiger partial charge in [-0.05, 0) is 25.6 Å². The Morgan fingerprint density at radius 3 is 2.31 bits per heavy atom. The molecule has 0 fully saturated rings. The van der Waals surface area contributed by atoms with Gasteiger partial charge >= 0.3 is 11.3 Å². The number of hydrogen-bond acceptors (Lipinski definition) is 6. The highest BCUT2D eigenvalue weighted by Gasteiger charge is 2.39. The number of carbonyl (C=O) groups is 2. The molecule has 0 bridgehead atoms. The molecular weight excluding hydrogens is 274 g/mol. The number of ether oxygens (including phenoxy) is 1. The van der Waals surface area contributed by atoms with E-state index in [1.54, 1.807) is 13.8 Å². The van der Waals surface area contributed by atoms with Crippen LogP contribution >= 0.6 is 33.4 Å². The van der Waals surface area contributed by atoms with Crippen LogP contribution in [0.3, 0.4) is 0 Å². The molecule has 0 saturated carbocycles. The minimum Gasteiger partial charge on any atom is -0.480 e. The zero-order chi connectivity index (χ0) is 12.9. The van der Waals surface area contributed by atoms with Crippen LogP contribution in [-0.2, 0) is 9.53 Å². The van der Waals surface area contributed by atoms with Crippen molar-refractivity contribution < 1.29 is 19.4 Å². The van der Waals surface area contributed by atoms with Crippen molar-refractivity contribution in [2.75, 3.05) is 14.2 Å². The number of carbonyl (C=O) groups excluding carboxylic acids is 1. The summed E-state index contributed by atoms with van der Waals surface area (Å²) in [4.78, 5) is 22.0. The minimum atomic E-state index is -1.04. The number of rotatable bonds is 5. The zero-order valence-electron chi connectivity index (χ0n) is 9.39. The molecular formula is C8H14ClNO4S2. The topological polar surface area (TPSA) is 66.8 Å². The molecule has 94 valence electrons. The van der Waals surface area contributed by atoms with Gasteiger partial charge in [-0.25, -0.2) is 9.21 Å². The number of likely N-dealkylation sites (N-methyl/N-ethyl adjacent to an activating group) is 1. The predicted octanol–water partition coefficient (Wildman–Crippen LogP) is 2.45. The molecule has 0 rings (SSSR count). The van der Waals surface area contributed by atoms with Crippen LogP contribution in [0.15, 0.2) is 0 Å². The first-order valence-electron chi connectivity index (χ1n) is 4.27. The summed E-state index contributed by atoms with van der Waals surface area (Å²) >= 11 is 5.69. The molecule has 0 aliphatic heterocycles. The largest absolute Gasteiger partial charge is 0.480 e. The SMILES string of the molecule is COC(=O)SSC(C)(C)C(C(=O)O)N(C)Cl. The Morgan fingerprint density at radius 2 is 2.00 bits per heavy atom. The lowest BCUT2D eigenvalue weighted by molar-refractivity contribution is -0.141. The van der Waals surface area contributed by atoms with Crippen molar-refractivity contribution in [3.05, 3.63) is 0 Å². The molecule has 16 heavy (non-hydrogen) atoms. The fourth-order valence-electron chi connectivity index (χ4n) is 1.10. The molecule has 0 saturated heterocycles. The summed E-state index contributed by atoms with van der Waals surface area (Å²) in [5, 5.41) is 8.56. The normalized spacial score (nSPS) is 13.6. The molecule has 0 heterocycles. The van der Waals surface area contributed by atoms with E-state index in [0.717, 1.165) is 26.0 Å². The van der Waals surface area contributed by atoms with Crippen LogP contribution in [0.4, 0.5) is 4.79 Å². The van der Waals surface area contributed by atoms with Crippen LogP contribution < -0.4 is 0 Å². The number of hydrogen-bond donors (Lipinski definition) is 1. The van der Waals surface area contributed by atoms with E-state index in [4.69, 9.17) is 16.9 Å². The summed E-state index contributed by atoms with van der Waals surface area (Å²) in [5.74, 6) is -1.04. The lowest BCUT2D eigenvalue weighted by Crippen LogP contribution is -2.47. The highest BCUT2D eigenvalue weighted by Crippen LogP contribution is 2.40. The van der Waals surface area contributed by atoms with Gasteiger partial charge < -0.3 is 9.84 Å². The van der Waals surface area contributed by atoms with Crippen LogP contribution in [0.1, 0.15) is 13.8 Å². The second-order valence-electron chi connectivity index (χ2n) is 3.49. The first-order valence-corrected chi connectivity index (χ1v) is 6.76. The number of nitrogens with zero attached hydrogens (tertiary/aromatic N) is 1. The maximum absolute atomic E-state index is 11.0. The Morgan fingerprint density at radius 1 is 1.50 bits per heavy atom. The smallest absolute Gasteiger partial charge is 0.377 e. The first-order chi connectivity index (χ1) is 7.22. The third-order valence-corrected chi connectivity index (χ3v) is 4.92. The molecule has 0 aromatic rings. The lowest BCUT2D eigenvalue weighted by Gasteiger charge is -2.32. The van der Waals surface area contributed by atoms with Crippen LogP contribution in [0, 0.1) is 0 Å². The fraction of sp³-hybridized carbons (Fsp3) is 0.750. The number of carboxylic acids is 1. The van der Waals surface area contributed by atoms with Crippen LogP contribution in [0.25, 0.3) is 0 Å². The summed E-state index contributed by atoms with van der Waals surface area (Å²) in [6.45, 7) is 3.40. The average molecular weight is 288 g/mol. The standard InChI is InChI=1S/C8H14ClNO4S2/c1-8(2,16-15-7(13)14-4)5(6(11)12)10(3)9/h5H,1-4H3,(H,11,12). The molecule has 8 heteroatoms. The molecule has 0 aliphatic rings. The Bertz CT molecular complexity index is 273. The summed E-state index contributed by atoms with van der Waals surface area (Å²) in [6, 6.07) is -0.906. The zero-order valence-corrected chi connectivity index (χ0v) is 11.8. The van der Waals surface area contributed by atoms with E-state index in [1.165, 1.54) is 14.2 Å². The molecule has 0 aliphatic carbocycles. The number of halogens is 1. The molecule has 1 unspecified atom stereocenters. The second-order valence-corrected chi connectivity index (χ2v) is 6.74. The average Bonchev–Trinajstić information content (AvgIpc) is 2.12. The molecule has 0 radical (unpaired) electrons. The lowest BCUT2D eigenvalue weighted by atomic mass is 10.0. The van der Waals surface area contributed by atoms with Gasteiger partial charge in [0.1, 0.15) is 6.04 Å². The highest BCUT2D eigenvalue weighted by atomic mass is 35.5. The van der Waals surface area contributed by atoms with Crippen LogP contribution in [-0.4, -0.2) is 45.7 Å². The van der Waals surface area contributed by atoms with Gasteiger partial charge in [-0.15, -0.1) is 0 Å². The quantitative estimate of drug-likeness (QED) is 0.473. The molecule has 0 amide bonds. The summed E-state index contributed by atoms with van der Waals surface area (Å²) < 4.78 is 4.81. The van der Waals surface area contributed by atoms with E-state index in [1.807, 2.05) is 0 Å². The summed E-state index contributed by atoms with van der Waals surface area (Å²) in [7, 11) is 4.70. The minimum absolute atomic E-state index is 0.473. The molecule has 0 aromatic carbocycles. The van der Waals surface area contributed by atoms with E-state index >= 15 is 0 Å². The number of aliphatic carboxylic acids is 1. The van der Waals surface area contributed by atoms with Crippen molar-refractivity contribution in [3.8, 4) is 0 Å². The summed E-state index contributed by atoms with van der Waals surface area (Å²) in [5.41, 5.74) is 0. The predicted molar refractivity (Wildman–Crippen MR) is 66.7 cm³/mol. The van der Waals surface area contributed by atoms with Crippen molar-refractivity contribution in [1.29, 1.82) is 0 Å². The van der Waals surface area contributed by atoms with Gasteiger partial charge in [0.05, 0.1) is 7.11 Å². The fourth-order valence-corrected chi connectivity index (χ4v) is 3.51. The molecule has 1 N–H and O–H groups in total. The van der Waals surface area contributed by atoms with Gasteiger partial charge in [0.15, 0.2) is 0 Å². The van der Waals surface area contributed by atoms with Gasteiger partial charge in [-0.1, -0.05) is 10.8 Å². The maximum Gasteiger partial charge on any atom is 0.377 e. The van der Waals surface area contributed by atoms with Gasteiger partial charge in [-0.3, -0.25) is 4.79 Å². The van der Waals surface area contributed by atoms with E-state index < -0.39 is 22.1 Å². The van der Waals surface area contributed by atoms with Crippen molar-refractivity contribution in [1.82, 2.24) is 4.42 Å². The van der Waals surface area contributed by atoms with E-state index in [2.05, 4.69) is 4.74 Å². The molecule has 1 atom stereocenters. The third-order valence-electron chi connectivity index (χ3n) is 1.74.